The average molecular weight is 462 g/mol. The summed E-state index contributed by atoms with van der Waals surface area (Å²) in [6.45, 7) is 5.59. The maximum Gasteiger partial charge on any atom is 0.417 e. The fraction of sp³-hybridized carbons (Fsp3) is 0.545. The number of hydrogen-bond acceptors (Lipinski definition) is 6. The van der Waals surface area contributed by atoms with E-state index in [0.717, 1.165) is 31.0 Å². The van der Waals surface area contributed by atoms with Crippen molar-refractivity contribution in [1.29, 1.82) is 0 Å². The summed E-state index contributed by atoms with van der Waals surface area (Å²) in [6, 6.07) is 1.17. The molecule has 8 nitrogen and oxygen atoms in total. The van der Waals surface area contributed by atoms with Crippen LogP contribution in [0.15, 0.2) is 17.1 Å². The van der Waals surface area contributed by atoms with E-state index in [0.29, 0.717) is 48.9 Å². The van der Waals surface area contributed by atoms with Crippen LogP contribution in [0.5, 0.6) is 0 Å². The third kappa shape index (κ3) is 3.98. The highest BCUT2D eigenvalue weighted by atomic mass is 19.4. The molecular weight excluding hydrogens is 437 g/mol. The highest BCUT2D eigenvalue weighted by Gasteiger charge is 2.33. The molecule has 5 heterocycles. The Labute approximate surface area is 188 Å². The quantitative estimate of drug-likeness (QED) is 0.596. The Bertz CT molecular complexity index is 1260. The zero-order chi connectivity index (χ0) is 23.3. The molecule has 2 aliphatic rings. The first-order valence-corrected chi connectivity index (χ1v) is 11.1. The lowest BCUT2D eigenvalue weighted by Gasteiger charge is -2.31. The Balaban J connectivity index is 1.49. The molecule has 0 N–H and O–H groups in total. The number of hydrogen-bond donors (Lipinski definition) is 0. The van der Waals surface area contributed by atoms with Crippen molar-refractivity contribution in [2.75, 3.05) is 18.1 Å². The summed E-state index contributed by atoms with van der Waals surface area (Å²) < 4.78 is 48.1. The Hall–Kier alpha value is -2.95. The van der Waals surface area contributed by atoms with Crippen molar-refractivity contribution in [3.8, 4) is 0 Å². The van der Waals surface area contributed by atoms with Gasteiger partial charge in [0.05, 0.1) is 18.2 Å². The van der Waals surface area contributed by atoms with Gasteiger partial charge in [-0.25, -0.2) is 13.9 Å². The maximum absolute atomic E-state index is 13.2. The summed E-state index contributed by atoms with van der Waals surface area (Å²) >= 11 is 0. The lowest BCUT2D eigenvalue weighted by atomic mass is 10.0. The average Bonchev–Trinajstić information content (AvgIpc) is 3.10. The van der Waals surface area contributed by atoms with Crippen LogP contribution in [-0.4, -0.2) is 43.4 Å². The molecule has 1 saturated heterocycles. The van der Waals surface area contributed by atoms with Crippen LogP contribution in [0, 0.1) is 13.8 Å². The van der Waals surface area contributed by atoms with E-state index in [9.17, 15) is 18.0 Å². The number of pyridine rings is 1. The van der Waals surface area contributed by atoms with Gasteiger partial charge >= 0.3 is 11.9 Å². The Morgan fingerprint density at radius 2 is 2.06 bits per heavy atom. The second kappa shape index (κ2) is 8.12. The number of aromatic nitrogens is 5. The van der Waals surface area contributed by atoms with E-state index in [1.165, 1.54) is 15.1 Å². The minimum Gasteiger partial charge on any atom is -0.376 e. The summed E-state index contributed by atoms with van der Waals surface area (Å²) in [6.07, 6.45) is -0.103. The molecule has 0 radical (unpaired) electrons. The summed E-state index contributed by atoms with van der Waals surface area (Å²) in [7, 11) is 0. The van der Waals surface area contributed by atoms with Crippen LogP contribution in [0.4, 0.5) is 19.0 Å². The largest absolute Gasteiger partial charge is 0.417 e. The molecule has 5 rings (SSSR count). The molecule has 1 atom stereocenters. The molecule has 176 valence electrons. The van der Waals surface area contributed by atoms with Gasteiger partial charge in [-0.05, 0) is 44.7 Å². The molecule has 11 heteroatoms. The van der Waals surface area contributed by atoms with E-state index in [4.69, 9.17) is 4.74 Å². The van der Waals surface area contributed by atoms with Gasteiger partial charge in [0.2, 0.25) is 0 Å². The van der Waals surface area contributed by atoms with Crippen molar-refractivity contribution >= 4 is 11.6 Å². The standard InChI is InChI=1S/C22H25F3N6O2/c1-13-14(2)31-20(28-30(21(31)32)12-17-5-3-4-8-33-17)27-19(13)29-7-6-18-15(11-29)9-16(10-26-18)22(23,24)25/h9-10,17H,3-8,11-12H2,1-2H3. The predicted molar refractivity (Wildman–Crippen MR) is 114 cm³/mol. The van der Waals surface area contributed by atoms with Crippen molar-refractivity contribution in [3.63, 3.8) is 0 Å². The molecule has 1 fully saturated rings. The molecule has 1 unspecified atom stereocenters. The lowest BCUT2D eigenvalue weighted by molar-refractivity contribution is -0.137. The minimum atomic E-state index is -4.44. The number of ether oxygens (including phenoxy) is 1. The number of nitrogens with zero attached hydrogens (tertiary/aromatic N) is 6. The molecule has 0 aliphatic carbocycles. The number of fused-ring (bicyclic) bond motifs is 2. The first-order valence-electron chi connectivity index (χ1n) is 11.1. The van der Waals surface area contributed by atoms with Crippen LogP contribution >= 0.6 is 0 Å². The minimum absolute atomic E-state index is 0.0452. The van der Waals surface area contributed by atoms with Gasteiger partial charge in [-0.3, -0.25) is 4.98 Å². The van der Waals surface area contributed by atoms with Gasteiger partial charge in [0.25, 0.3) is 5.78 Å². The van der Waals surface area contributed by atoms with Gasteiger partial charge in [0, 0.05) is 49.3 Å². The monoisotopic (exact) mass is 462 g/mol. The molecule has 2 aliphatic heterocycles. The van der Waals surface area contributed by atoms with Crippen molar-refractivity contribution in [2.24, 2.45) is 0 Å². The highest BCUT2D eigenvalue weighted by molar-refractivity contribution is 5.55. The number of halogens is 3. The van der Waals surface area contributed by atoms with Crippen LogP contribution in [0.1, 0.15) is 47.3 Å². The second-order valence-corrected chi connectivity index (χ2v) is 8.73. The Morgan fingerprint density at radius 1 is 1.24 bits per heavy atom. The molecule has 0 aromatic carbocycles. The van der Waals surface area contributed by atoms with E-state index in [-0.39, 0.29) is 24.1 Å². The fourth-order valence-electron chi connectivity index (χ4n) is 4.60. The predicted octanol–water partition coefficient (Wildman–Crippen LogP) is 3.05. The molecule has 0 amide bonds. The first-order chi connectivity index (χ1) is 15.7. The van der Waals surface area contributed by atoms with Gasteiger partial charge < -0.3 is 9.64 Å². The zero-order valence-corrected chi connectivity index (χ0v) is 18.5. The molecule has 0 spiro atoms. The summed E-state index contributed by atoms with van der Waals surface area (Å²) in [5, 5.41) is 4.44. The van der Waals surface area contributed by atoms with Crippen LogP contribution in [-0.2, 0) is 30.4 Å². The van der Waals surface area contributed by atoms with E-state index >= 15 is 0 Å². The molecule has 3 aromatic rings. The van der Waals surface area contributed by atoms with Crippen LogP contribution in [0.3, 0.4) is 0 Å². The zero-order valence-electron chi connectivity index (χ0n) is 18.5. The smallest absolute Gasteiger partial charge is 0.376 e. The van der Waals surface area contributed by atoms with Gasteiger partial charge in [0.15, 0.2) is 0 Å². The normalized spacial score (nSPS) is 19.2. The highest BCUT2D eigenvalue weighted by Crippen LogP contribution is 2.32. The van der Waals surface area contributed by atoms with Crippen molar-refractivity contribution in [3.05, 3.63) is 50.8 Å². The second-order valence-electron chi connectivity index (χ2n) is 8.73. The maximum atomic E-state index is 13.2. The number of aryl methyl sites for hydroxylation is 1. The van der Waals surface area contributed by atoms with E-state index in [2.05, 4.69) is 15.1 Å². The van der Waals surface area contributed by atoms with E-state index in [1.54, 1.807) is 0 Å². The molecular formula is C22H25F3N6O2. The summed E-state index contributed by atoms with van der Waals surface area (Å²) in [5.74, 6) is 0.899. The van der Waals surface area contributed by atoms with Crippen LogP contribution < -0.4 is 10.6 Å². The summed E-state index contributed by atoms with van der Waals surface area (Å²) in [5.41, 5.74) is 1.69. The first kappa shape index (κ1) is 21.9. The van der Waals surface area contributed by atoms with Gasteiger partial charge in [0.1, 0.15) is 5.82 Å². The van der Waals surface area contributed by atoms with E-state index in [1.807, 2.05) is 18.7 Å². The van der Waals surface area contributed by atoms with Crippen LogP contribution in [0.2, 0.25) is 0 Å². The number of anilines is 1. The molecule has 33 heavy (non-hydrogen) atoms. The molecule has 0 bridgehead atoms. The Morgan fingerprint density at radius 3 is 2.79 bits per heavy atom. The number of alkyl halides is 3. The SMILES string of the molecule is Cc1c(N2CCc3ncc(C(F)(F)F)cc3C2)nc2nn(CC3CCCCO3)c(=O)n2c1C. The van der Waals surface area contributed by atoms with Crippen molar-refractivity contribution < 1.29 is 17.9 Å². The topological polar surface area (TPSA) is 77.6 Å². The third-order valence-corrected chi connectivity index (χ3v) is 6.56. The van der Waals surface area contributed by atoms with E-state index < -0.39 is 11.7 Å². The molecule has 3 aromatic heterocycles. The van der Waals surface area contributed by atoms with Crippen LogP contribution in [0.25, 0.3) is 5.78 Å². The van der Waals surface area contributed by atoms with Gasteiger partial charge in [-0.2, -0.15) is 18.2 Å². The van der Waals surface area contributed by atoms with Crippen molar-refractivity contribution in [2.45, 2.75) is 64.9 Å². The summed E-state index contributed by atoms with van der Waals surface area (Å²) in [4.78, 5) is 23.6. The lowest BCUT2D eigenvalue weighted by Crippen LogP contribution is -2.33. The van der Waals surface area contributed by atoms with Crippen molar-refractivity contribution in [1.82, 2.24) is 24.1 Å². The number of rotatable bonds is 3. The third-order valence-electron chi connectivity index (χ3n) is 6.56. The van der Waals surface area contributed by atoms with Gasteiger partial charge in [-0.1, -0.05) is 0 Å². The Kier molecular flexibility index (Phi) is 5.38. The van der Waals surface area contributed by atoms with Gasteiger partial charge in [-0.15, -0.1) is 5.10 Å². The molecule has 0 saturated carbocycles. The fourth-order valence-corrected chi connectivity index (χ4v) is 4.60.